The van der Waals surface area contributed by atoms with Gasteiger partial charge in [0.1, 0.15) is 11.7 Å². The monoisotopic (exact) mass is 392 g/mol. The molecule has 7 nitrogen and oxygen atoms in total. The number of rotatable bonds is 3. The van der Waals surface area contributed by atoms with E-state index in [9.17, 15) is 4.79 Å². The van der Waals surface area contributed by atoms with Gasteiger partial charge in [0.2, 0.25) is 5.88 Å². The second kappa shape index (κ2) is 6.84. The van der Waals surface area contributed by atoms with Crippen molar-refractivity contribution in [2.24, 2.45) is 7.05 Å². The molecule has 0 aliphatic carbocycles. The van der Waals surface area contributed by atoms with Gasteiger partial charge in [-0.05, 0) is 31.2 Å². The Kier molecular flexibility index (Phi) is 4.28. The van der Waals surface area contributed by atoms with Crippen molar-refractivity contribution >= 4 is 16.8 Å². The Morgan fingerprint density at radius 3 is 2.97 bits per heavy atom. The van der Waals surface area contributed by atoms with Gasteiger partial charge in [0.05, 0.1) is 31.6 Å². The third kappa shape index (κ3) is 3.35. The fraction of sp³-hybridized carbons (Fsp3) is 0.409. The molecule has 1 atom stereocenters. The zero-order valence-electron chi connectivity index (χ0n) is 16.7. The van der Waals surface area contributed by atoms with Crippen molar-refractivity contribution in [2.45, 2.75) is 31.5 Å². The highest BCUT2D eigenvalue weighted by Gasteiger charge is 2.50. The van der Waals surface area contributed by atoms with Crippen LogP contribution in [0.3, 0.4) is 0 Å². The predicted molar refractivity (Wildman–Crippen MR) is 108 cm³/mol. The summed E-state index contributed by atoms with van der Waals surface area (Å²) < 4.78 is 14.2. The Morgan fingerprint density at radius 2 is 2.14 bits per heavy atom. The van der Waals surface area contributed by atoms with Gasteiger partial charge in [-0.3, -0.25) is 9.78 Å². The molecule has 1 spiro atoms. The van der Waals surface area contributed by atoms with Crippen LogP contribution in [0.25, 0.3) is 10.9 Å². The molecule has 0 unspecified atom stereocenters. The van der Waals surface area contributed by atoms with Crippen molar-refractivity contribution in [3.8, 4) is 5.88 Å². The summed E-state index contributed by atoms with van der Waals surface area (Å²) in [6, 6.07) is 7.90. The minimum absolute atomic E-state index is 0.0257. The number of nitrogens with zero attached hydrogens (tertiary/aromatic N) is 4. The summed E-state index contributed by atoms with van der Waals surface area (Å²) in [7, 11) is 2.00. The summed E-state index contributed by atoms with van der Waals surface area (Å²) in [5.41, 5.74) is 2.36. The van der Waals surface area contributed by atoms with E-state index in [4.69, 9.17) is 9.47 Å². The Balaban J connectivity index is 1.24. The van der Waals surface area contributed by atoms with Gasteiger partial charge in [-0.25, -0.2) is 4.98 Å². The van der Waals surface area contributed by atoms with Gasteiger partial charge in [-0.1, -0.05) is 0 Å². The molecule has 0 saturated carbocycles. The first kappa shape index (κ1) is 18.1. The van der Waals surface area contributed by atoms with E-state index in [0.29, 0.717) is 25.6 Å². The Morgan fingerprint density at radius 1 is 1.28 bits per heavy atom. The highest BCUT2D eigenvalue weighted by atomic mass is 16.5. The summed E-state index contributed by atoms with van der Waals surface area (Å²) in [5.74, 6) is 0.605. The average molecular weight is 392 g/mol. The van der Waals surface area contributed by atoms with Crippen LogP contribution < -0.4 is 4.74 Å². The molecule has 0 bridgehead atoms. The minimum Gasteiger partial charge on any atom is -0.473 e. The summed E-state index contributed by atoms with van der Waals surface area (Å²) in [6.45, 7) is 3.71. The number of benzene rings is 1. The van der Waals surface area contributed by atoms with E-state index in [1.165, 1.54) is 0 Å². The Bertz CT molecular complexity index is 1070. The molecule has 29 heavy (non-hydrogen) atoms. The van der Waals surface area contributed by atoms with Crippen LogP contribution in [0.5, 0.6) is 5.88 Å². The molecule has 2 aliphatic heterocycles. The van der Waals surface area contributed by atoms with Crippen LogP contribution in [0, 0.1) is 6.92 Å². The molecular formula is C22H24N4O3. The molecule has 0 N–H and O–H groups in total. The summed E-state index contributed by atoms with van der Waals surface area (Å²) in [6.07, 6.45) is 6.95. The van der Waals surface area contributed by atoms with Crippen molar-refractivity contribution in [1.82, 2.24) is 19.4 Å². The Labute approximate surface area is 169 Å². The van der Waals surface area contributed by atoms with Gasteiger partial charge >= 0.3 is 0 Å². The number of hydrogen-bond donors (Lipinski definition) is 0. The molecule has 1 aromatic carbocycles. The van der Waals surface area contributed by atoms with Gasteiger partial charge in [-0.15, -0.1) is 0 Å². The van der Waals surface area contributed by atoms with Crippen molar-refractivity contribution in [2.75, 3.05) is 19.7 Å². The molecule has 0 radical (unpaired) electrons. The van der Waals surface area contributed by atoms with E-state index in [0.717, 1.165) is 35.0 Å². The number of aromatic nitrogens is 3. The normalized spacial score (nSPS) is 20.6. The third-order valence-electron chi connectivity index (χ3n) is 5.85. The third-order valence-corrected chi connectivity index (χ3v) is 5.85. The van der Waals surface area contributed by atoms with E-state index in [1.54, 1.807) is 12.4 Å². The van der Waals surface area contributed by atoms with E-state index in [-0.39, 0.29) is 17.6 Å². The summed E-state index contributed by atoms with van der Waals surface area (Å²) in [5, 5.41) is 1.08. The number of amides is 1. The first-order valence-corrected chi connectivity index (χ1v) is 9.95. The minimum atomic E-state index is -0.313. The SMILES string of the molecule is Cc1cncc(O[C@H]2CCOC3(C2)CN(C(=O)c2ccc4c(ccn4C)c2)C3)n1. The second-order valence-electron chi connectivity index (χ2n) is 8.12. The zero-order valence-corrected chi connectivity index (χ0v) is 16.7. The summed E-state index contributed by atoms with van der Waals surface area (Å²) >= 11 is 0. The number of carbonyl (C=O) groups is 1. The van der Waals surface area contributed by atoms with Crippen LogP contribution >= 0.6 is 0 Å². The van der Waals surface area contributed by atoms with E-state index in [1.807, 2.05) is 49.3 Å². The maximum absolute atomic E-state index is 12.9. The molecule has 3 aromatic rings. The van der Waals surface area contributed by atoms with Crippen molar-refractivity contribution in [3.05, 3.63) is 54.1 Å². The molecule has 7 heteroatoms. The quantitative estimate of drug-likeness (QED) is 0.686. The average Bonchev–Trinajstić information content (AvgIpc) is 3.06. The lowest BCUT2D eigenvalue weighted by Crippen LogP contribution is -2.67. The van der Waals surface area contributed by atoms with Crippen molar-refractivity contribution < 1.29 is 14.3 Å². The lowest BCUT2D eigenvalue weighted by Gasteiger charge is -2.52. The highest BCUT2D eigenvalue weighted by molar-refractivity contribution is 5.98. The smallest absolute Gasteiger partial charge is 0.254 e. The van der Waals surface area contributed by atoms with Gasteiger partial charge < -0.3 is 18.9 Å². The molecule has 2 aromatic heterocycles. The number of aryl methyl sites for hydroxylation is 2. The topological polar surface area (TPSA) is 69.5 Å². The van der Waals surface area contributed by atoms with Crippen LogP contribution in [-0.4, -0.2) is 56.7 Å². The lowest BCUT2D eigenvalue weighted by atomic mass is 9.84. The van der Waals surface area contributed by atoms with Gasteiger partial charge in [-0.2, -0.15) is 0 Å². The van der Waals surface area contributed by atoms with Crippen molar-refractivity contribution in [3.63, 3.8) is 0 Å². The van der Waals surface area contributed by atoms with Gasteiger partial charge in [0.25, 0.3) is 5.91 Å². The van der Waals surface area contributed by atoms with Crippen LogP contribution in [-0.2, 0) is 11.8 Å². The largest absolute Gasteiger partial charge is 0.473 e. The van der Waals surface area contributed by atoms with E-state index >= 15 is 0 Å². The molecule has 1 amide bonds. The van der Waals surface area contributed by atoms with E-state index < -0.39 is 0 Å². The number of fused-ring (bicyclic) bond motifs is 1. The first-order valence-electron chi connectivity index (χ1n) is 9.95. The fourth-order valence-corrected chi connectivity index (χ4v) is 4.36. The number of likely N-dealkylation sites (tertiary alicyclic amines) is 1. The second-order valence-corrected chi connectivity index (χ2v) is 8.12. The summed E-state index contributed by atoms with van der Waals surface area (Å²) in [4.78, 5) is 23.3. The van der Waals surface area contributed by atoms with Crippen LogP contribution in [0.2, 0.25) is 0 Å². The number of hydrogen-bond acceptors (Lipinski definition) is 5. The Hall–Kier alpha value is -2.93. The molecule has 2 fully saturated rings. The van der Waals surface area contributed by atoms with Gasteiger partial charge in [0, 0.05) is 48.7 Å². The molecule has 5 rings (SSSR count). The van der Waals surface area contributed by atoms with Gasteiger partial charge in [0.15, 0.2) is 0 Å². The van der Waals surface area contributed by atoms with E-state index in [2.05, 4.69) is 14.5 Å². The van der Waals surface area contributed by atoms with Crippen LogP contribution in [0.4, 0.5) is 0 Å². The highest BCUT2D eigenvalue weighted by Crippen LogP contribution is 2.36. The molecular weight excluding hydrogens is 368 g/mol. The molecule has 150 valence electrons. The van der Waals surface area contributed by atoms with Crippen molar-refractivity contribution in [1.29, 1.82) is 0 Å². The fourth-order valence-electron chi connectivity index (χ4n) is 4.36. The predicted octanol–water partition coefficient (Wildman–Crippen LogP) is 2.73. The standard InChI is InChI=1S/C22H24N4O3/c1-15-11-23-12-20(24-15)29-18-6-8-28-22(10-18)13-26(14-22)21(27)17-3-4-19-16(9-17)5-7-25(19)2/h3-5,7,9,11-12,18H,6,8,10,13-14H2,1-2H3/t18-/m0/s1. The maximum atomic E-state index is 12.9. The maximum Gasteiger partial charge on any atom is 0.254 e. The molecule has 4 heterocycles. The zero-order chi connectivity index (χ0) is 20.0. The lowest BCUT2D eigenvalue weighted by molar-refractivity contribution is -0.174. The number of ether oxygens (including phenoxy) is 2. The molecule has 2 saturated heterocycles. The van der Waals surface area contributed by atoms with Crippen LogP contribution in [0.15, 0.2) is 42.9 Å². The number of carbonyl (C=O) groups excluding carboxylic acids is 1. The van der Waals surface area contributed by atoms with Crippen LogP contribution in [0.1, 0.15) is 28.9 Å². The molecule has 2 aliphatic rings. The first-order chi connectivity index (χ1) is 14.0.